The van der Waals surface area contributed by atoms with Gasteiger partial charge in [-0.05, 0) is 12.8 Å². The van der Waals surface area contributed by atoms with Crippen molar-refractivity contribution in [3.8, 4) is 12.3 Å². The molecule has 0 fully saturated rings. The molecule has 4 nitrogen and oxygen atoms in total. The third kappa shape index (κ3) is 5.22. The summed E-state index contributed by atoms with van der Waals surface area (Å²) >= 11 is 16.2. The molecule has 0 heterocycles. The highest BCUT2D eigenvalue weighted by molar-refractivity contribution is 6.68. The Bertz CT molecular complexity index is 306. The minimum atomic E-state index is -1.99. The summed E-state index contributed by atoms with van der Waals surface area (Å²) in [5.74, 6) is 2.51. The Labute approximate surface area is 116 Å². The van der Waals surface area contributed by atoms with Crippen molar-refractivity contribution in [2.24, 2.45) is 0 Å². The molecule has 17 heavy (non-hydrogen) atoms. The lowest BCUT2D eigenvalue weighted by Gasteiger charge is -2.28. The molecule has 1 unspecified atom stereocenters. The van der Waals surface area contributed by atoms with Gasteiger partial charge >= 0.3 is 6.03 Å². The number of terminal acetylenes is 1. The van der Waals surface area contributed by atoms with Crippen molar-refractivity contribution in [1.82, 2.24) is 10.6 Å². The summed E-state index contributed by atoms with van der Waals surface area (Å²) in [6, 6.07) is -0.689. The van der Waals surface area contributed by atoms with Crippen molar-refractivity contribution >= 4 is 40.8 Å². The maximum Gasteiger partial charge on any atom is 0.318 e. The lowest BCUT2D eigenvalue weighted by atomic mass is 9.94. The molecule has 0 aromatic rings. The summed E-state index contributed by atoms with van der Waals surface area (Å²) in [5.41, 5.74) is -0.766. The van der Waals surface area contributed by atoms with E-state index in [0.29, 0.717) is 12.8 Å². The number of amides is 2. The van der Waals surface area contributed by atoms with Gasteiger partial charge in [-0.25, -0.2) is 4.79 Å². The third-order valence-corrected chi connectivity index (χ3v) is 3.03. The van der Waals surface area contributed by atoms with Gasteiger partial charge in [0.1, 0.15) is 5.54 Å². The molecule has 0 aliphatic heterocycles. The largest absolute Gasteiger partial charge is 0.369 e. The number of hydrogen-bond donors (Lipinski definition) is 3. The number of carbonyl (C=O) groups excluding carboxylic acids is 1. The Morgan fingerprint density at radius 3 is 2.18 bits per heavy atom. The van der Waals surface area contributed by atoms with Gasteiger partial charge in [0.15, 0.2) is 6.23 Å². The fraction of sp³-hybridized carbons (Fsp3) is 0.700. The minimum Gasteiger partial charge on any atom is -0.369 e. The Morgan fingerprint density at radius 2 is 1.88 bits per heavy atom. The monoisotopic (exact) mass is 300 g/mol. The fourth-order valence-electron chi connectivity index (χ4n) is 1.13. The van der Waals surface area contributed by atoms with Crippen molar-refractivity contribution in [2.75, 3.05) is 0 Å². The third-order valence-electron chi connectivity index (χ3n) is 2.41. The van der Waals surface area contributed by atoms with Crippen LogP contribution in [0.1, 0.15) is 26.7 Å². The highest BCUT2D eigenvalue weighted by Gasteiger charge is 2.33. The Hall–Kier alpha value is -0.340. The van der Waals surface area contributed by atoms with Crippen LogP contribution in [0, 0.1) is 12.3 Å². The molecule has 0 rings (SSSR count). The zero-order valence-corrected chi connectivity index (χ0v) is 11.8. The number of rotatable bonds is 4. The van der Waals surface area contributed by atoms with E-state index in [4.69, 9.17) is 41.2 Å². The first-order chi connectivity index (χ1) is 7.70. The summed E-state index contributed by atoms with van der Waals surface area (Å²) in [4.78, 5) is 11.5. The van der Waals surface area contributed by atoms with Gasteiger partial charge in [-0.1, -0.05) is 54.6 Å². The van der Waals surface area contributed by atoms with E-state index in [2.05, 4.69) is 16.6 Å². The van der Waals surface area contributed by atoms with Gasteiger partial charge < -0.3 is 15.7 Å². The number of halogens is 3. The van der Waals surface area contributed by atoms with Crippen molar-refractivity contribution in [3.05, 3.63) is 0 Å². The van der Waals surface area contributed by atoms with E-state index < -0.39 is 21.6 Å². The molecule has 7 heteroatoms. The number of alkyl halides is 3. The van der Waals surface area contributed by atoms with Crippen LogP contribution in [0.5, 0.6) is 0 Å². The lowest BCUT2D eigenvalue weighted by Crippen LogP contribution is -2.55. The highest BCUT2D eigenvalue weighted by Crippen LogP contribution is 2.28. The van der Waals surface area contributed by atoms with Gasteiger partial charge in [0.05, 0.1) is 0 Å². The van der Waals surface area contributed by atoms with Crippen molar-refractivity contribution in [1.29, 1.82) is 0 Å². The predicted molar refractivity (Wildman–Crippen MR) is 70.1 cm³/mol. The summed E-state index contributed by atoms with van der Waals surface area (Å²) < 4.78 is -1.99. The minimum absolute atomic E-state index is 0.553. The topological polar surface area (TPSA) is 61.4 Å². The fourth-order valence-corrected chi connectivity index (χ4v) is 1.29. The second-order valence-corrected chi connectivity index (χ2v) is 5.85. The quantitative estimate of drug-likeness (QED) is 0.423. The van der Waals surface area contributed by atoms with Gasteiger partial charge in [0, 0.05) is 0 Å². The molecule has 0 radical (unpaired) electrons. The number of aliphatic hydroxyl groups excluding tert-OH is 1. The number of hydrogen-bond acceptors (Lipinski definition) is 2. The van der Waals surface area contributed by atoms with Crippen LogP contribution in [0.15, 0.2) is 0 Å². The molecule has 0 aliphatic carbocycles. The molecule has 0 aromatic carbocycles. The first kappa shape index (κ1) is 16.7. The van der Waals surface area contributed by atoms with Gasteiger partial charge in [-0.15, -0.1) is 6.42 Å². The molecule has 3 N–H and O–H groups in total. The summed E-state index contributed by atoms with van der Waals surface area (Å²) in [5, 5.41) is 14.0. The molecule has 2 amide bonds. The normalized spacial score (nSPS) is 13.7. The van der Waals surface area contributed by atoms with Crippen molar-refractivity contribution in [3.63, 3.8) is 0 Å². The molecule has 0 bridgehead atoms. The Morgan fingerprint density at radius 1 is 1.41 bits per heavy atom. The maximum absolute atomic E-state index is 11.5. The average molecular weight is 302 g/mol. The van der Waals surface area contributed by atoms with E-state index in [-0.39, 0.29) is 0 Å². The molecular weight excluding hydrogens is 286 g/mol. The number of aliphatic hydroxyl groups is 1. The van der Waals surface area contributed by atoms with Crippen LogP contribution in [0.25, 0.3) is 0 Å². The van der Waals surface area contributed by atoms with Crippen LogP contribution in [-0.2, 0) is 0 Å². The Kier molecular flexibility index (Phi) is 6.42. The van der Waals surface area contributed by atoms with Crippen LogP contribution in [0.2, 0.25) is 0 Å². The molecular formula is C10H15Cl3N2O2. The van der Waals surface area contributed by atoms with E-state index in [0.717, 1.165) is 0 Å². The van der Waals surface area contributed by atoms with E-state index >= 15 is 0 Å². The van der Waals surface area contributed by atoms with E-state index in [9.17, 15) is 9.90 Å². The highest BCUT2D eigenvalue weighted by atomic mass is 35.6. The number of nitrogens with one attached hydrogen (secondary N) is 2. The molecule has 0 saturated heterocycles. The van der Waals surface area contributed by atoms with Gasteiger partial charge in [-0.2, -0.15) is 0 Å². The second kappa shape index (κ2) is 6.55. The molecule has 98 valence electrons. The van der Waals surface area contributed by atoms with Crippen molar-refractivity contribution < 1.29 is 9.90 Å². The molecule has 1 atom stereocenters. The van der Waals surface area contributed by atoms with E-state index in [1.165, 1.54) is 0 Å². The summed E-state index contributed by atoms with van der Waals surface area (Å²) in [7, 11) is 0. The standard InChI is InChI=1S/C10H15Cl3N2O2/c1-4-9(5-2,6-3)15-8(17)14-7(16)10(11,12)13/h1,7,16H,5-6H2,2-3H3,(H2,14,15,17). The summed E-state index contributed by atoms with van der Waals surface area (Å²) in [6.45, 7) is 3.68. The zero-order valence-electron chi connectivity index (χ0n) is 9.56. The second-order valence-electron chi connectivity index (χ2n) is 3.48. The van der Waals surface area contributed by atoms with Gasteiger partial charge in [-0.3, -0.25) is 0 Å². The van der Waals surface area contributed by atoms with Crippen LogP contribution < -0.4 is 10.6 Å². The predicted octanol–water partition coefficient (Wildman–Crippen LogP) is 2.17. The van der Waals surface area contributed by atoms with Crippen LogP contribution in [0.4, 0.5) is 4.79 Å². The maximum atomic E-state index is 11.5. The summed E-state index contributed by atoms with van der Waals surface area (Å²) in [6.07, 6.45) is 4.85. The molecule has 0 aliphatic rings. The SMILES string of the molecule is C#CC(CC)(CC)NC(=O)NC(O)C(Cl)(Cl)Cl. The smallest absolute Gasteiger partial charge is 0.318 e. The van der Waals surface area contributed by atoms with Crippen LogP contribution in [0.3, 0.4) is 0 Å². The van der Waals surface area contributed by atoms with Gasteiger partial charge in [0.25, 0.3) is 0 Å². The average Bonchev–Trinajstić information content (AvgIpc) is 2.24. The molecule has 0 saturated carbocycles. The Balaban J connectivity index is 4.52. The first-order valence-corrected chi connectivity index (χ1v) is 6.15. The lowest BCUT2D eigenvalue weighted by molar-refractivity contribution is 0.141. The van der Waals surface area contributed by atoms with Crippen LogP contribution >= 0.6 is 34.8 Å². The van der Waals surface area contributed by atoms with Gasteiger partial charge in [0.2, 0.25) is 3.79 Å². The van der Waals surface area contributed by atoms with Crippen molar-refractivity contribution in [2.45, 2.75) is 42.2 Å². The van der Waals surface area contributed by atoms with E-state index in [1.807, 2.05) is 13.8 Å². The number of urea groups is 1. The number of carbonyl (C=O) groups is 1. The molecule has 0 aromatic heterocycles. The van der Waals surface area contributed by atoms with Crippen LogP contribution in [-0.4, -0.2) is 26.7 Å². The zero-order chi connectivity index (χ0) is 13.7. The molecule has 0 spiro atoms. The van der Waals surface area contributed by atoms with E-state index in [1.54, 1.807) is 0 Å². The first-order valence-electron chi connectivity index (χ1n) is 5.02.